The lowest BCUT2D eigenvalue weighted by molar-refractivity contribution is -0.145. The Hall–Kier alpha value is -1.55. The molecule has 0 saturated carbocycles. The number of esters is 1. The van der Waals surface area contributed by atoms with Crippen LogP contribution in [0.1, 0.15) is 57.1 Å². The fraction of sp³-hybridized carbons (Fsp3) is 0.562. The van der Waals surface area contributed by atoms with Crippen molar-refractivity contribution >= 4 is 5.97 Å². The number of unbranched alkanes of at least 4 members (excludes halogenated alkanes) is 5. The highest BCUT2D eigenvalue weighted by molar-refractivity contribution is 5.77. The Balaban J connectivity index is 2.20. The van der Waals surface area contributed by atoms with Crippen molar-refractivity contribution in [3.05, 3.63) is 29.8 Å². The van der Waals surface area contributed by atoms with E-state index in [2.05, 4.69) is 6.92 Å². The summed E-state index contributed by atoms with van der Waals surface area (Å²) in [6, 6.07) is 5.50. The van der Waals surface area contributed by atoms with Crippen molar-refractivity contribution in [2.45, 2.75) is 51.5 Å². The zero-order valence-electron chi connectivity index (χ0n) is 12.2. The molecule has 0 bridgehead atoms. The fourth-order valence-electron chi connectivity index (χ4n) is 1.96. The van der Waals surface area contributed by atoms with Crippen molar-refractivity contribution in [2.24, 2.45) is 5.73 Å². The summed E-state index contributed by atoms with van der Waals surface area (Å²) in [4.78, 5) is 11.8. The number of carbonyl (C=O) groups is 1. The predicted octanol–water partition coefficient (Wildman–Crippen LogP) is 3.30. The molecule has 0 aliphatic rings. The summed E-state index contributed by atoms with van der Waals surface area (Å²) in [5.41, 5.74) is 6.46. The Bertz CT molecular complexity index is 389. The van der Waals surface area contributed by atoms with Crippen LogP contribution in [0.4, 0.5) is 0 Å². The second-order valence-corrected chi connectivity index (χ2v) is 5.00. The van der Waals surface area contributed by atoms with Crippen LogP contribution >= 0.6 is 0 Å². The monoisotopic (exact) mass is 279 g/mol. The van der Waals surface area contributed by atoms with Crippen molar-refractivity contribution in [3.8, 4) is 5.75 Å². The summed E-state index contributed by atoms with van der Waals surface area (Å²) in [5, 5.41) is 9.18. The molecule has 0 heterocycles. The van der Waals surface area contributed by atoms with Gasteiger partial charge in [0, 0.05) is 0 Å². The van der Waals surface area contributed by atoms with E-state index in [9.17, 15) is 9.90 Å². The Morgan fingerprint density at radius 3 is 2.40 bits per heavy atom. The van der Waals surface area contributed by atoms with Crippen LogP contribution in [0.5, 0.6) is 5.75 Å². The van der Waals surface area contributed by atoms with Gasteiger partial charge in [0.25, 0.3) is 0 Å². The van der Waals surface area contributed by atoms with Gasteiger partial charge in [-0.25, -0.2) is 4.79 Å². The van der Waals surface area contributed by atoms with Gasteiger partial charge in [0.05, 0.1) is 6.61 Å². The lowest BCUT2D eigenvalue weighted by Crippen LogP contribution is -2.24. The van der Waals surface area contributed by atoms with Crippen LogP contribution < -0.4 is 5.73 Å². The minimum absolute atomic E-state index is 0.154. The minimum atomic E-state index is -0.782. The van der Waals surface area contributed by atoms with Gasteiger partial charge in [0.1, 0.15) is 11.8 Å². The maximum absolute atomic E-state index is 11.8. The normalized spacial score (nSPS) is 12.1. The SMILES string of the molecule is CCCCCCCCOC(=O)[C@H](N)c1ccc(O)cc1. The molecule has 4 nitrogen and oxygen atoms in total. The molecule has 0 saturated heterocycles. The molecule has 1 aromatic carbocycles. The zero-order valence-corrected chi connectivity index (χ0v) is 12.2. The van der Waals surface area contributed by atoms with Crippen LogP contribution in [0, 0.1) is 0 Å². The number of phenolic OH excluding ortho intramolecular Hbond substituents is 1. The number of nitrogens with two attached hydrogens (primary N) is 1. The van der Waals surface area contributed by atoms with Crippen molar-refractivity contribution in [3.63, 3.8) is 0 Å². The summed E-state index contributed by atoms with van der Waals surface area (Å²) in [6.45, 7) is 2.61. The van der Waals surface area contributed by atoms with Gasteiger partial charge in [-0.05, 0) is 24.1 Å². The fourth-order valence-corrected chi connectivity index (χ4v) is 1.96. The zero-order chi connectivity index (χ0) is 14.8. The Morgan fingerprint density at radius 1 is 1.15 bits per heavy atom. The van der Waals surface area contributed by atoms with Crippen LogP contribution in [0.15, 0.2) is 24.3 Å². The van der Waals surface area contributed by atoms with Gasteiger partial charge in [-0.15, -0.1) is 0 Å². The second-order valence-electron chi connectivity index (χ2n) is 5.00. The van der Waals surface area contributed by atoms with Gasteiger partial charge < -0.3 is 15.6 Å². The van der Waals surface area contributed by atoms with Gasteiger partial charge in [0.2, 0.25) is 0 Å². The number of hydrogen-bond acceptors (Lipinski definition) is 4. The minimum Gasteiger partial charge on any atom is -0.508 e. The average Bonchev–Trinajstić information content (AvgIpc) is 2.46. The van der Waals surface area contributed by atoms with Gasteiger partial charge in [-0.1, -0.05) is 51.2 Å². The predicted molar refractivity (Wildman–Crippen MR) is 79.4 cm³/mol. The summed E-state index contributed by atoms with van der Waals surface area (Å²) in [7, 11) is 0. The third kappa shape index (κ3) is 6.06. The Morgan fingerprint density at radius 2 is 1.75 bits per heavy atom. The van der Waals surface area contributed by atoms with Crippen LogP contribution in [0.2, 0.25) is 0 Å². The van der Waals surface area contributed by atoms with Crippen molar-refractivity contribution in [2.75, 3.05) is 6.61 Å². The van der Waals surface area contributed by atoms with E-state index in [-0.39, 0.29) is 5.75 Å². The van der Waals surface area contributed by atoms with Gasteiger partial charge in [-0.3, -0.25) is 0 Å². The van der Waals surface area contributed by atoms with E-state index < -0.39 is 12.0 Å². The number of phenols is 1. The number of aromatic hydroxyl groups is 1. The molecule has 1 atom stereocenters. The van der Waals surface area contributed by atoms with Crippen molar-refractivity contribution in [1.29, 1.82) is 0 Å². The number of hydrogen-bond donors (Lipinski definition) is 2. The first kappa shape index (κ1) is 16.5. The van der Waals surface area contributed by atoms with Gasteiger partial charge in [-0.2, -0.15) is 0 Å². The molecule has 0 spiro atoms. The lowest BCUT2D eigenvalue weighted by Gasteiger charge is -2.12. The number of rotatable bonds is 9. The number of carbonyl (C=O) groups excluding carboxylic acids is 1. The first-order valence-electron chi connectivity index (χ1n) is 7.36. The van der Waals surface area contributed by atoms with Crippen molar-refractivity contribution in [1.82, 2.24) is 0 Å². The molecule has 0 aromatic heterocycles. The third-order valence-corrected chi connectivity index (χ3v) is 3.25. The van der Waals surface area contributed by atoms with E-state index in [4.69, 9.17) is 10.5 Å². The highest BCUT2D eigenvalue weighted by Crippen LogP contribution is 2.16. The van der Waals surface area contributed by atoms with E-state index >= 15 is 0 Å². The molecule has 0 aliphatic heterocycles. The molecule has 1 aromatic rings. The molecule has 0 fully saturated rings. The maximum Gasteiger partial charge on any atom is 0.327 e. The average molecular weight is 279 g/mol. The van der Waals surface area contributed by atoms with E-state index in [0.717, 1.165) is 12.8 Å². The van der Waals surface area contributed by atoms with Crippen LogP contribution in [-0.2, 0) is 9.53 Å². The molecule has 0 unspecified atom stereocenters. The summed E-state index contributed by atoms with van der Waals surface area (Å²) >= 11 is 0. The number of benzene rings is 1. The molecular weight excluding hydrogens is 254 g/mol. The summed E-state index contributed by atoms with van der Waals surface area (Å²) < 4.78 is 5.17. The maximum atomic E-state index is 11.8. The molecule has 0 aliphatic carbocycles. The molecule has 1 rings (SSSR count). The van der Waals surface area contributed by atoms with E-state index in [1.165, 1.54) is 37.8 Å². The largest absolute Gasteiger partial charge is 0.508 e. The molecule has 4 heteroatoms. The van der Waals surface area contributed by atoms with Crippen LogP contribution in [0.25, 0.3) is 0 Å². The quantitative estimate of drug-likeness (QED) is 0.537. The summed E-state index contributed by atoms with van der Waals surface area (Å²) in [6.07, 6.45) is 6.91. The molecule has 0 radical (unpaired) electrons. The molecule has 20 heavy (non-hydrogen) atoms. The third-order valence-electron chi connectivity index (χ3n) is 3.25. The van der Waals surface area contributed by atoms with Crippen LogP contribution in [0.3, 0.4) is 0 Å². The van der Waals surface area contributed by atoms with E-state index in [1.807, 2.05) is 0 Å². The van der Waals surface area contributed by atoms with Gasteiger partial charge >= 0.3 is 5.97 Å². The molecule has 112 valence electrons. The summed E-state index contributed by atoms with van der Waals surface area (Å²) in [5.74, 6) is -0.259. The van der Waals surface area contributed by atoms with Gasteiger partial charge in [0.15, 0.2) is 0 Å². The molecule has 3 N–H and O–H groups in total. The molecular formula is C16H25NO3. The standard InChI is InChI=1S/C16H25NO3/c1-2-3-4-5-6-7-12-20-16(19)15(17)13-8-10-14(18)11-9-13/h8-11,15,18H,2-7,12,17H2,1H3/t15-/m1/s1. The first-order chi connectivity index (χ1) is 9.65. The van der Waals surface area contributed by atoms with E-state index in [0.29, 0.717) is 12.2 Å². The van der Waals surface area contributed by atoms with Crippen LogP contribution in [-0.4, -0.2) is 17.7 Å². The Labute approximate surface area is 120 Å². The first-order valence-corrected chi connectivity index (χ1v) is 7.36. The topological polar surface area (TPSA) is 72.5 Å². The van der Waals surface area contributed by atoms with Crippen molar-refractivity contribution < 1.29 is 14.6 Å². The second kappa shape index (κ2) is 9.37. The highest BCUT2D eigenvalue weighted by Gasteiger charge is 2.16. The Kier molecular flexibility index (Phi) is 7.73. The van der Waals surface area contributed by atoms with E-state index in [1.54, 1.807) is 12.1 Å². The highest BCUT2D eigenvalue weighted by atomic mass is 16.5. The lowest BCUT2D eigenvalue weighted by atomic mass is 10.1. The number of ether oxygens (including phenoxy) is 1. The smallest absolute Gasteiger partial charge is 0.327 e. The molecule has 0 amide bonds.